The molecule has 6 heteroatoms. The first-order valence-electron chi connectivity index (χ1n) is 6.87. The average molecular weight is 290 g/mol. The molecule has 0 atom stereocenters. The highest BCUT2D eigenvalue weighted by molar-refractivity contribution is 7.07. The quantitative estimate of drug-likeness (QED) is 0.911. The summed E-state index contributed by atoms with van der Waals surface area (Å²) in [5, 5.41) is 7.48. The van der Waals surface area contributed by atoms with Crippen LogP contribution in [0.3, 0.4) is 0 Å². The van der Waals surface area contributed by atoms with Gasteiger partial charge in [-0.3, -0.25) is 4.79 Å². The van der Waals surface area contributed by atoms with Crippen molar-refractivity contribution in [1.82, 2.24) is 14.9 Å². The third kappa shape index (κ3) is 2.91. The van der Waals surface area contributed by atoms with Gasteiger partial charge in [-0.2, -0.15) is 11.3 Å². The van der Waals surface area contributed by atoms with E-state index in [1.165, 1.54) is 5.56 Å². The van der Waals surface area contributed by atoms with Crippen molar-refractivity contribution in [3.05, 3.63) is 45.1 Å². The summed E-state index contributed by atoms with van der Waals surface area (Å²) in [7, 11) is 0. The number of hydrogen-bond acceptors (Lipinski definition) is 5. The highest BCUT2D eigenvalue weighted by atomic mass is 32.1. The summed E-state index contributed by atoms with van der Waals surface area (Å²) in [5.74, 6) is 0.583. The van der Waals surface area contributed by atoms with E-state index >= 15 is 0 Å². The minimum atomic E-state index is 0.0182. The van der Waals surface area contributed by atoms with E-state index in [1.54, 1.807) is 28.3 Å². The number of aromatic nitrogens is 2. The molecule has 0 saturated carbocycles. The fourth-order valence-electron chi connectivity index (χ4n) is 2.39. The predicted molar refractivity (Wildman–Crippen MR) is 81.6 cm³/mol. The van der Waals surface area contributed by atoms with Crippen LogP contribution in [-0.4, -0.2) is 35.7 Å². The third-order valence-electron chi connectivity index (χ3n) is 3.53. The highest BCUT2D eigenvalue weighted by Gasteiger charge is 2.15. The number of nitrogens with one attached hydrogen (secondary N) is 1. The van der Waals surface area contributed by atoms with E-state index in [4.69, 9.17) is 0 Å². The van der Waals surface area contributed by atoms with Gasteiger partial charge in [-0.1, -0.05) is 0 Å². The lowest BCUT2D eigenvalue weighted by molar-refractivity contribution is 0.575. The van der Waals surface area contributed by atoms with Crippen LogP contribution < -0.4 is 15.8 Å². The number of hydrogen-bond donors (Lipinski definition) is 1. The molecule has 1 N–H and O–H groups in total. The van der Waals surface area contributed by atoms with E-state index in [2.05, 4.69) is 32.0 Å². The fourth-order valence-corrected chi connectivity index (χ4v) is 3.09. The van der Waals surface area contributed by atoms with E-state index in [-0.39, 0.29) is 5.56 Å². The summed E-state index contributed by atoms with van der Waals surface area (Å²) in [6.07, 6.45) is 4.39. The molecule has 0 amide bonds. The van der Waals surface area contributed by atoms with Gasteiger partial charge in [0.1, 0.15) is 0 Å². The van der Waals surface area contributed by atoms with Gasteiger partial charge in [0.25, 0.3) is 5.56 Å². The van der Waals surface area contributed by atoms with E-state index in [0.29, 0.717) is 12.4 Å². The topological polar surface area (TPSA) is 50.2 Å². The zero-order valence-corrected chi connectivity index (χ0v) is 12.1. The van der Waals surface area contributed by atoms with Gasteiger partial charge >= 0.3 is 0 Å². The Labute approximate surface area is 121 Å². The van der Waals surface area contributed by atoms with E-state index < -0.39 is 0 Å². The maximum atomic E-state index is 12.5. The molecular weight excluding hydrogens is 272 g/mol. The largest absolute Gasteiger partial charge is 0.349 e. The smallest absolute Gasteiger partial charge is 0.293 e. The zero-order chi connectivity index (χ0) is 13.8. The van der Waals surface area contributed by atoms with E-state index in [1.807, 2.05) is 0 Å². The van der Waals surface area contributed by atoms with Crippen molar-refractivity contribution in [2.75, 3.05) is 31.1 Å². The monoisotopic (exact) mass is 290 g/mol. The molecule has 20 heavy (non-hydrogen) atoms. The normalized spacial score (nSPS) is 15.5. The Bertz CT molecular complexity index is 602. The van der Waals surface area contributed by atoms with Crippen molar-refractivity contribution < 1.29 is 0 Å². The molecule has 5 nitrogen and oxygen atoms in total. The molecule has 0 bridgehead atoms. The summed E-state index contributed by atoms with van der Waals surface area (Å²) >= 11 is 1.69. The van der Waals surface area contributed by atoms with Crippen LogP contribution in [0.4, 0.5) is 5.82 Å². The van der Waals surface area contributed by atoms with Gasteiger partial charge in [0.2, 0.25) is 0 Å². The fraction of sp³-hybridized carbons (Fsp3) is 0.429. The number of thiophene rings is 1. The molecule has 2 aromatic heterocycles. The Hall–Kier alpha value is -1.66. The van der Waals surface area contributed by atoms with Crippen LogP contribution in [-0.2, 0) is 13.0 Å². The van der Waals surface area contributed by atoms with Gasteiger partial charge in [0.05, 0.1) is 0 Å². The van der Waals surface area contributed by atoms with Gasteiger partial charge in [-0.15, -0.1) is 0 Å². The van der Waals surface area contributed by atoms with Crippen molar-refractivity contribution in [1.29, 1.82) is 0 Å². The second kappa shape index (κ2) is 6.19. The van der Waals surface area contributed by atoms with E-state index in [0.717, 1.165) is 32.6 Å². The van der Waals surface area contributed by atoms with Crippen LogP contribution in [0.5, 0.6) is 0 Å². The van der Waals surface area contributed by atoms with Gasteiger partial charge < -0.3 is 14.8 Å². The van der Waals surface area contributed by atoms with Crippen molar-refractivity contribution in [3.63, 3.8) is 0 Å². The molecule has 1 fully saturated rings. The lowest BCUT2D eigenvalue weighted by Gasteiger charge is -2.27. The van der Waals surface area contributed by atoms with Crippen molar-refractivity contribution in [2.45, 2.75) is 13.0 Å². The standard InChI is InChI=1S/C14H18N4OS/c19-14-13(17-7-3-15-4-8-17)16-5-9-18(14)6-1-12-2-10-20-11-12/h2,5,9-11,15H,1,3-4,6-8H2. The van der Waals surface area contributed by atoms with Crippen molar-refractivity contribution in [3.8, 4) is 0 Å². The minimum Gasteiger partial charge on any atom is -0.349 e. The second-order valence-corrected chi connectivity index (χ2v) is 5.65. The summed E-state index contributed by atoms with van der Waals surface area (Å²) < 4.78 is 1.77. The SMILES string of the molecule is O=c1c(N2CCNCC2)nccn1CCc1ccsc1. The average Bonchev–Trinajstić information content (AvgIpc) is 3.00. The lowest BCUT2D eigenvalue weighted by atomic mass is 10.2. The van der Waals surface area contributed by atoms with Crippen LogP contribution in [0.1, 0.15) is 5.56 Å². The van der Waals surface area contributed by atoms with Gasteiger partial charge in [-0.05, 0) is 28.8 Å². The maximum absolute atomic E-state index is 12.5. The number of nitrogens with zero attached hydrogens (tertiary/aromatic N) is 3. The minimum absolute atomic E-state index is 0.0182. The van der Waals surface area contributed by atoms with Crippen molar-refractivity contribution in [2.24, 2.45) is 0 Å². The third-order valence-corrected chi connectivity index (χ3v) is 4.27. The van der Waals surface area contributed by atoms with Crippen molar-refractivity contribution >= 4 is 17.2 Å². The molecule has 0 unspecified atom stereocenters. The molecule has 0 aromatic carbocycles. The first-order chi connectivity index (χ1) is 9.84. The maximum Gasteiger partial charge on any atom is 0.293 e. The van der Waals surface area contributed by atoms with Crippen LogP contribution in [0, 0.1) is 0 Å². The molecule has 0 radical (unpaired) electrons. The molecule has 1 aliphatic rings. The van der Waals surface area contributed by atoms with Crippen LogP contribution >= 0.6 is 11.3 Å². The van der Waals surface area contributed by atoms with Gasteiger partial charge in [-0.25, -0.2) is 4.98 Å². The Morgan fingerprint density at radius 1 is 1.35 bits per heavy atom. The molecule has 3 heterocycles. The van der Waals surface area contributed by atoms with Crippen LogP contribution in [0.25, 0.3) is 0 Å². The van der Waals surface area contributed by atoms with Crippen LogP contribution in [0.2, 0.25) is 0 Å². The first-order valence-corrected chi connectivity index (χ1v) is 7.81. The Morgan fingerprint density at radius 2 is 2.20 bits per heavy atom. The Kier molecular flexibility index (Phi) is 4.13. The molecule has 1 aliphatic heterocycles. The molecule has 0 spiro atoms. The predicted octanol–water partition coefficient (Wildman–Crippen LogP) is 0.957. The van der Waals surface area contributed by atoms with Crippen LogP contribution in [0.15, 0.2) is 34.0 Å². The summed E-state index contributed by atoms with van der Waals surface area (Å²) in [5.41, 5.74) is 1.30. The van der Waals surface area contributed by atoms with Gasteiger partial charge in [0.15, 0.2) is 5.82 Å². The lowest BCUT2D eigenvalue weighted by Crippen LogP contribution is -2.46. The highest BCUT2D eigenvalue weighted by Crippen LogP contribution is 2.08. The summed E-state index contributed by atoms with van der Waals surface area (Å²) in [4.78, 5) is 18.8. The summed E-state index contributed by atoms with van der Waals surface area (Å²) in [6.45, 7) is 4.21. The molecule has 0 aliphatic carbocycles. The number of anilines is 1. The number of piperazine rings is 1. The Morgan fingerprint density at radius 3 is 2.95 bits per heavy atom. The molecular formula is C14H18N4OS. The second-order valence-electron chi connectivity index (χ2n) is 4.87. The zero-order valence-electron chi connectivity index (χ0n) is 11.3. The number of rotatable bonds is 4. The first kappa shape index (κ1) is 13.3. The van der Waals surface area contributed by atoms with Gasteiger partial charge in [0, 0.05) is 45.1 Å². The number of aryl methyl sites for hydroxylation is 2. The molecule has 3 rings (SSSR count). The molecule has 2 aromatic rings. The summed E-state index contributed by atoms with van der Waals surface area (Å²) in [6, 6.07) is 2.11. The van der Waals surface area contributed by atoms with E-state index in [9.17, 15) is 4.79 Å². The Balaban J connectivity index is 1.76. The molecule has 106 valence electrons. The molecule has 1 saturated heterocycles.